The monoisotopic (exact) mass is 257 g/mol. The Balaban J connectivity index is 2.08. The molecule has 0 unspecified atom stereocenters. The van der Waals surface area contributed by atoms with Crippen LogP contribution in [0.1, 0.15) is 21.5 Å². The van der Waals surface area contributed by atoms with Crippen molar-refractivity contribution >= 4 is 23.9 Å². The number of anilines is 1. The summed E-state index contributed by atoms with van der Waals surface area (Å²) in [5, 5.41) is 0. The summed E-state index contributed by atoms with van der Waals surface area (Å²) in [5.41, 5.74) is 4.27. The van der Waals surface area contributed by atoms with Crippen LogP contribution in [0.3, 0.4) is 0 Å². The van der Waals surface area contributed by atoms with E-state index in [0.717, 1.165) is 16.9 Å². The molecule has 0 radical (unpaired) electrons. The molecule has 2 nitrogen and oxygen atoms in total. The van der Waals surface area contributed by atoms with Gasteiger partial charge in [-0.05, 0) is 49.6 Å². The molecule has 3 heteroatoms. The maximum absolute atomic E-state index is 10.7. The van der Waals surface area contributed by atoms with Crippen LogP contribution < -0.4 is 4.72 Å². The second-order valence-corrected chi connectivity index (χ2v) is 5.09. The number of hydrogen-bond donors (Lipinski definition) is 1. The summed E-state index contributed by atoms with van der Waals surface area (Å²) in [6.45, 7) is 4.16. The summed E-state index contributed by atoms with van der Waals surface area (Å²) in [5.74, 6) is 0. The maximum Gasteiger partial charge on any atom is 0.150 e. The van der Waals surface area contributed by atoms with Gasteiger partial charge < -0.3 is 4.72 Å². The molecular weight excluding hydrogens is 242 g/mol. The van der Waals surface area contributed by atoms with Crippen molar-refractivity contribution < 1.29 is 4.79 Å². The Morgan fingerprint density at radius 3 is 2.67 bits per heavy atom. The Bertz CT molecular complexity index is 566. The van der Waals surface area contributed by atoms with E-state index in [9.17, 15) is 4.79 Å². The van der Waals surface area contributed by atoms with Crippen molar-refractivity contribution in [3.05, 3.63) is 59.2 Å². The van der Waals surface area contributed by atoms with E-state index in [4.69, 9.17) is 0 Å². The van der Waals surface area contributed by atoms with Crippen LogP contribution in [0.25, 0.3) is 0 Å². The second-order valence-electron chi connectivity index (χ2n) is 4.21. The minimum atomic E-state index is 0.697. The third-order valence-electron chi connectivity index (χ3n) is 2.65. The van der Waals surface area contributed by atoms with E-state index in [1.54, 1.807) is 6.07 Å². The first-order valence-corrected chi connectivity index (χ1v) is 6.56. The first-order chi connectivity index (χ1) is 8.69. The summed E-state index contributed by atoms with van der Waals surface area (Å²) in [4.78, 5) is 11.7. The fourth-order valence-electron chi connectivity index (χ4n) is 1.69. The van der Waals surface area contributed by atoms with E-state index in [1.807, 2.05) is 18.2 Å². The van der Waals surface area contributed by atoms with E-state index in [1.165, 1.54) is 23.1 Å². The molecule has 0 aromatic heterocycles. The van der Waals surface area contributed by atoms with E-state index in [0.29, 0.717) is 5.56 Å². The molecule has 0 aliphatic carbocycles. The molecule has 0 saturated heterocycles. The van der Waals surface area contributed by atoms with Crippen LogP contribution in [0, 0.1) is 13.8 Å². The Hall–Kier alpha value is -1.74. The zero-order valence-electron chi connectivity index (χ0n) is 10.4. The molecule has 92 valence electrons. The third-order valence-corrected chi connectivity index (χ3v) is 3.47. The lowest BCUT2D eigenvalue weighted by atomic mass is 10.1. The molecule has 0 aliphatic heterocycles. The summed E-state index contributed by atoms with van der Waals surface area (Å²) in [6, 6.07) is 13.8. The van der Waals surface area contributed by atoms with Gasteiger partial charge in [0.15, 0.2) is 0 Å². The molecule has 0 saturated carbocycles. The normalized spacial score (nSPS) is 10.1. The first-order valence-electron chi connectivity index (χ1n) is 5.74. The molecule has 2 rings (SSSR count). The van der Waals surface area contributed by atoms with E-state index in [2.05, 4.69) is 36.8 Å². The SMILES string of the molecule is Cc1ccc(NSc2cccc(C=O)c2)c(C)c1. The number of aldehydes is 1. The van der Waals surface area contributed by atoms with Crippen LogP contribution in [-0.4, -0.2) is 6.29 Å². The number of aryl methyl sites for hydroxylation is 2. The van der Waals surface area contributed by atoms with Gasteiger partial charge in [-0.25, -0.2) is 0 Å². The number of hydrogen-bond acceptors (Lipinski definition) is 3. The quantitative estimate of drug-likeness (QED) is 0.656. The van der Waals surface area contributed by atoms with Crippen molar-refractivity contribution in [3.63, 3.8) is 0 Å². The molecule has 18 heavy (non-hydrogen) atoms. The lowest BCUT2D eigenvalue weighted by Gasteiger charge is -2.09. The summed E-state index contributed by atoms with van der Waals surface area (Å²) in [6.07, 6.45) is 0.862. The minimum absolute atomic E-state index is 0.697. The highest BCUT2D eigenvalue weighted by Gasteiger charge is 2.00. The number of nitrogens with one attached hydrogen (secondary N) is 1. The van der Waals surface area contributed by atoms with Gasteiger partial charge in [0.1, 0.15) is 6.29 Å². The number of rotatable bonds is 4. The Labute approximate surface area is 112 Å². The van der Waals surface area contributed by atoms with Gasteiger partial charge >= 0.3 is 0 Å². The lowest BCUT2D eigenvalue weighted by Crippen LogP contribution is -1.91. The smallest absolute Gasteiger partial charge is 0.150 e. The van der Waals surface area contributed by atoms with Gasteiger partial charge in [0.25, 0.3) is 0 Å². The van der Waals surface area contributed by atoms with Crippen LogP contribution in [0.4, 0.5) is 5.69 Å². The zero-order valence-corrected chi connectivity index (χ0v) is 11.3. The van der Waals surface area contributed by atoms with Crippen LogP contribution in [0.15, 0.2) is 47.4 Å². The van der Waals surface area contributed by atoms with Crippen molar-refractivity contribution in [2.75, 3.05) is 4.72 Å². The zero-order chi connectivity index (χ0) is 13.0. The van der Waals surface area contributed by atoms with Gasteiger partial charge in [-0.15, -0.1) is 0 Å². The number of carbonyl (C=O) groups excluding carboxylic acids is 1. The summed E-state index contributed by atoms with van der Waals surface area (Å²) in [7, 11) is 0. The van der Waals surface area contributed by atoms with Crippen LogP contribution in [0.2, 0.25) is 0 Å². The fraction of sp³-hybridized carbons (Fsp3) is 0.133. The van der Waals surface area contributed by atoms with Crippen LogP contribution in [0.5, 0.6) is 0 Å². The molecule has 2 aromatic rings. The molecule has 1 N–H and O–H groups in total. The topological polar surface area (TPSA) is 29.1 Å². The van der Waals surface area contributed by atoms with Gasteiger partial charge in [0.2, 0.25) is 0 Å². The second kappa shape index (κ2) is 5.74. The Morgan fingerprint density at radius 1 is 1.11 bits per heavy atom. The van der Waals surface area contributed by atoms with Gasteiger partial charge in [0.05, 0.1) is 0 Å². The average Bonchev–Trinajstić information content (AvgIpc) is 2.38. The van der Waals surface area contributed by atoms with Crippen molar-refractivity contribution in [1.29, 1.82) is 0 Å². The number of benzene rings is 2. The molecule has 0 bridgehead atoms. The molecule has 0 fully saturated rings. The molecule has 2 aromatic carbocycles. The van der Waals surface area contributed by atoms with E-state index >= 15 is 0 Å². The minimum Gasteiger partial charge on any atom is -0.325 e. The molecule has 0 amide bonds. The van der Waals surface area contributed by atoms with Gasteiger partial charge in [-0.3, -0.25) is 4.79 Å². The fourth-order valence-corrected chi connectivity index (χ4v) is 2.49. The van der Waals surface area contributed by atoms with E-state index in [-0.39, 0.29) is 0 Å². The predicted octanol–water partition coefficient (Wildman–Crippen LogP) is 4.24. The Kier molecular flexibility index (Phi) is 4.05. The van der Waals surface area contributed by atoms with Crippen molar-refractivity contribution in [2.45, 2.75) is 18.7 Å². The van der Waals surface area contributed by atoms with E-state index < -0.39 is 0 Å². The highest BCUT2D eigenvalue weighted by Crippen LogP contribution is 2.24. The predicted molar refractivity (Wildman–Crippen MR) is 77.2 cm³/mol. The van der Waals surface area contributed by atoms with Crippen molar-refractivity contribution in [2.24, 2.45) is 0 Å². The highest BCUT2D eigenvalue weighted by atomic mass is 32.2. The lowest BCUT2D eigenvalue weighted by molar-refractivity contribution is 0.112. The molecule has 0 spiro atoms. The van der Waals surface area contributed by atoms with Gasteiger partial charge in [0, 0.05) is 16.1 Å². The molecule has 0 atom stereocenters. The van der Waals surface area contributed by atoms with Crippen LogP contribution >= 0.6 is 11.9 Å². The van der Waals surface area contributed by atoms with Gasteiger partial charge in [-0.2, -0.15) is 0 Å². The highest BCUT2D eigenvalue weighted by molar-refractivity contribution is 8.00. The largest absolute Gasteiger partial charge is 0.325 e. The van der Waals surface area contributed by atoms with Crippen molar-refractivity contribution in [3.8, 4) is 0 Å². The van der Waals surface area contributed by atoms with Gasteiger partial charge in [-0.1, -0.05) is 29.8 Å². The maximum atomic E-state index is 10.7. The third kappa shape index (κ3) is 3.14. The van der Waals surface area contributed by atoms with Crippen molar-refractivity contribution in [1.82, 2.24) is 0 Å². The molecular formula is C15H15NOS. The average molecular weight is 257 g/mol. The molecule has 0 aliphatic rings. The Morgan fingerprint density at radius 2 is 1.94 bits per heavy atom. The molecule has 0 heterocycles. The first kappa shape index (κ1) is 12.7. The number of carbonyl (C=O) groups is 1. The van der Waals surface area contributed by atoms with Crippen LogP contribution in [-0.2, 0) is 0 Å². The standard InChI is InChI=1S/C15H15NOS/c1-11-6-7-15(12(2)8-11)16-18-14-5-3-4-13(9-14)10-17/h3-10,16H,1-2H3. The summed E-state index contributed by atoms with van der Waals surface area (Å²) >= 11 is 1.51. The summed E-state index contributed by atoms with van der Waals surface area (Å²) < 4.78 is 3.31.